The van der Waals surface area contributed by atoms with Gasteiger partial charge in [-0.15, -0.1) is 0 Å². The van der Waals surface area contributed by atoms with Crippen LogP contribution in [-0.2, 0) is 37.9 Å². The Hall–Kier alpha value is -3.00. The Morgan fingerprint density at radius 2 is 0.711 bits per heavy atom. The molecule has 0 fully saturated rings. The van der Waals surface area contributed by atoms with Crippen molar-refractivity contribution in [3.63, 3.8) is 0 Å². The molecule has 1 heterocycles. The summed E-state index contributed by atoms with van der Waals surface area (Å²) >= 11 is 0. The van der Waals surface area contributed by atoms with E-state index in [1.165, 1.54) is 27.7 Å². The second-order valence-corrected chi connectivity index (χ2v) is 10.3. The standard InChI is InChI=1S/C32H52O13/c1-9-13-17-37-21(5)41-29(33)25-26(30(34)42-22(6)38-18-14-10-2)28(32(36)44-24(8)40-20-16-12-4)45-27(25)31(35)43-23(7)39-19-15-11-3/h21-24H,9-20H2,1-8H3. The van der Waals surface area contributed by atoms with E-state index in [1.807, 2.05) is 27.7 Å². The fourth-order valence-corrected chi connectivity index (χ4v) is 3.65. The lowest BCUT2D eigenvalue weighted by atomic mass is 10.1. The van der Waals surface area contributed by atoms with Gasteiger partial charge in [0.25, 0.3) is 0 Å². The van der Waals surface area contributed by atoms with Gasteiger partial charge in [-0.05, 0) is 53.4 Å². The van der Waals surface area contributed by atoms with Gasteiger partial charge in [0.2, 0.25) is 24.1 Å². The van der Waals surface area contributed by atoms with Gasteiger partial charge in [-0.25, -0.2) is 19.2 Å². The van der Waals surface area contributed by atoms with Crippen molar-refractivity contribution in [1.82, 2.24) is 0 Å². The molecule has 0 saturated carbocycles. The zero-order valence-corrected chi connectivity index (χ0v) is 28.1. The molecule has 1 aromatic rings. The fraction of sp³-hybridized carbons (Fsp3) is 0.750. The molecule has 45 heavy (non-hydrogen) atoms. The number of rotatable bonds is 24. The van der Waals surface area contributed by atoms with Crippen molar-refractivity contribution in [1.29, 1.82) is 0 Å². The Bertz CT molecular complexity index is 956. The molecule has 1 rings (SSSR count). The molecular weight excluding hydrogens is 592 g/mol. The Morgan fingerprint density at radius 3 is 0.956 bits per heavy atom. The van der Waals surface area contributed by atoms with E-state index < -0.39 is 71.7 Å². The molecule has 0 saturated heterocycles. The molecule has 0 N–H and O–H groups in total. The van der Waals surface area contributed by atoms with E-state index in [9.17, 15) is 19.2 Å². The van der Waals surface area contributed by atoms with E-state index >= 15 is 0 Å². The quantitative estimate of drug-likeness (QED) is 0.0517. The first kappa shape index (κ1) is 40.0. The molecule has 13 heteroatoms. The summed E-state index contributed by atoms with van der Waals surface area (Å²) in [5.74, 6) is -6.29. The van der Waals surface area contributed by atoms with E-state index in [4.69, 9.17) is 42.3 Å². The SMILES string of the molecule is CCCCOC(C)OC(=O)c1oc(C(=O)OC(C)OCCCC)c(C(=O)OC(C)OCCCC)c1C(=O)OC(C)OCCCC. The van der Waals surface area contributed by atoms with Crippen LogP contribution in [0.4, 0.5) is 0 Å². The number of hydrogen-bond acceptors (Lipinski definition) is 13. The van der Waals surface area contributed by atoms with Crippen LogP contribution in [0.3, 0.4) is 0 Å². The predicted octanol–water partition coefficient (Wildman–Crippen LogP) is 6.56. The van der Waals surface area contributed by atoms with Crippen molar-refractivity contribution in [2.45, 2.75) is 132 Å². The third kappa shape index (κ3) is 14.8. The molecule has 1 aromatic heterocycles. The van der Waals surface area contributed by atoms with Gasteiger partial charge in [0.15, 0.2) is 12.6 Å². The summed E-state index contributed by atoms with van der Waals surface area (Å²) in [6, 6.07) is 0. The zero-order chi connectivity index (χ0) is 33.8. The monoisotopic (exact) mass is 644 g/mol. The summed E-state index contributed by atoms with van der Waals surface area (Å²) in [4.78, 5) is 53.7. The minimum Gasteiger partial charge on any atom is -0.440 e. The molecule has 0 aliphatic heterocycles. The lowest BCUT2D eigenvalue weighted by molar-refractivity contribution is -0.102. The molecule has 13 nitrogen and oxygen atoms in total. The third-order valence-electron chi connectivity index (χ3n) is 6.18. The largest absolute Gasteiger partial charge is 0.440 e. The summed E-state index contributed by atoms with van der Waals surface area (Å²) in [6.07, 6.45) is 2.04. The second kappa shape index (κ2) is 22.5. The lowest BCUT2D eigenvalue weighted by Gasteiger charge is -2.17. The van der Waals surface area contributed by atoms with Crippen LogP contribution in [0.2, 0.25) is 0 Å². The number of carbonyl (C=O) groups excluding carboxylic acids is 4. The van der Waals surface area contributed by atoms with Crippen molar-refractivity contribution in [3.8, 4) is 0 Å². The fourth-order valence-electron chi connectivity index (χ4n) is 3.65. The van der Waals surface area contributed by atoms with E-state index in [0.717, 1.165) is 38.5 Å². The van der Waals surface area contributed by atoms with Crippen LogP contribution in [0, 0.1) is 0 Å². The molecule has 4 unspecified atom stereocenters. The van der Waals surface area contributed by atoms with Gasteiger partial charge in [0.05, 0.1) is 26.4 Å². The van der Waals surface area contributed by atoms with Crippen molar-refractivity contribution < 1.29 is 61.5 Å². The minimum atomic E-state index is -1.19. The van der Waals surface area contributed by atoms with Crippen LogP contribution in [0.25, 0.3) is 0 Å². The average Bonchev–Trinajstić information content (AvgIpc) is 3.39. The molecule has 4 atom stereocenters. The van der Waals surface area contributed by atoms with Gasteiger partial charge in [-0.1, -0.05) is 53.4 Å². The van der Waals surface area contributed by atoms with E-state index in [2.05, 4.69) is 0 Å². The maximum absolute atomic E-state index is 13.5. The molecule has 0 aliphatic carbocycles. The van der Waals surface area contributed by atoms with Crippen LogP contribution in [0.5, 0.6) is 0 Å². The number of carbonyl (C=O) groups is 4. The number of furan rings is 1. The van der Waals surface area contributed by atoms with Gasteiger partial charge < -0.3 is 42.3 Å². The number of esters is 4. The maximum Gasteiger partial charge on any atom is 0.377 e. The summed E-state index contributed by atoms with van der Waals surface area (Å²) in [7, 11) is 0. The minimum absolute atomic E-state index is 0.298. The maximum atomic E-state index is 13.5. The highest BCUT2D eigenvalue weighted by molar-refractivity contribution is 6.14. The van der Waals surface area contributed by atoms with Gasteiger partial charge in [-0.3, -0.25) is 0 Å². The molecule has 0 amide bonds. The van der Waals surface area contributed by atoms with Crippen molar-refractivity contribution in [3.05, 3.63) is 22.6 Å². The molecule has 0 spiro atoms. The van der Waals surface area contributed by atoms with Crippen molar-refractivity contribution in [2.75, 3.05) is 26.4 Å². The van der Waals surface area contributed by atoms with Crippen LogP contribution >= 0.6 is 0 Å². The highest BCUT2D eigenvalue weighted by atomic mass is 16.7. The van der Waals surface area contributed by atoms with Gasteiger partial charge in [0.1, 0.15) is 11.1 Å². The Kier molecular flexibility index (Phi) is 20.0. The van der Waals surface area contributed by atoms with E-state index in [-0.39, 0.29) is 0 Å². The Balaban J connectivity index is 3.59. The Morgan fingerprint density at radius 1 is 0.467 bits per heavy atom. The summed E-state index contributed by atoms with van der Waals surface area (Å²) in [6.45, 7) is 15.0. The van der Waals surface area contributed by atoms with Crippen LogP contribution in [0.15, 0.2) is 4.42 Å². The molecule has 0 aromatic carbocycles. The summed E-state index contributed by atoms with van der Waals surface area (Å²) < 4.78 is 49.0. The molecule has 258 valence electrons. The third-order valence-corrected chi connectivity index (χ3v) is 6.18. The zero-order valence-electron chi connectivity index (χ0n) is 28.1. The molecular formula is C32H52O13. The normalized spacial score (nSPS) is 13.9. The second-order valence-electron chi connectivity index (χ2n) is 10.3. The number of unbranched alkanes of at least 4 members (excludes halogenated alkanes) is 4. The van der Waals surface area contributed by atoms with Gasteiger partial charge in [-0.2, -0.15) is 0 Å². The summed E-state index contributed by atoms with van der Waals surface area (Å²) in [5.41, 5.74) is -1.38. The average molecular weight is 645 g/mol. The highest BCUT2D eigenvalue weighted by Gasteiger charge is 2.40. The van der Waals surface area contributed by atoms with Crippen molar-refractivity contribution in [2.24, 2.45) is 0 Å². The highest BCUT2D eigenvalue weighted by Crippen LogP contribution is 2.29. The first-order chi connectivity index (χ1) is 21.5. The molecule has 0 radical (unpaired) electrons. The molecule has 0 bridgehead atoms. The Labute approximate surface area is 266 Å². The van der Waals surface area contributed by atoms with Crippen LogP contribution < -0.4 is 0 Å². The van der Waals surface area contributed by atoms with Crippen LogP contribution in [-0.4, -0.2) is 75.5 Å². The van der Waals surface area contributed by atoms with E-state index in [1.54, 1.807) is 0 Å². The smallest absolute Gasteiger partial charge is 0.377 e. The lowest BCUT2D eigenvalue weighted by Crippen LogP contribution is -2.26. The van der Waals surface area contributed by atoms with Gasteiger partial charge >= 0.3 is 23.9 Å². The predicted molar refractivity (Wildman–Crippen MR) is 162 cm³/mol. The summed E-state index contributed by atoms with van der Waals surface area (Å²) in [5, 5.41) is 0. The number of hydrogen-bond donors (Lipinski definition) is 0. The first-order valence-electron chi connectivity index (χ1n) is 16.0. The topological polar surface area (TPSA) is 155 Å². The van der Waals surface area contributed by atoms with Crippen LogP contribution in [0.1, 0.15) is 149 Å². The first-order valence-corrected chi connectivity index (χ1v) is 16.0. The molecule has 0 aliphatic rings. The number of ether oxygens (including phenoxy) is 8. The van der Waals surface area contributed by atoms with Crippen molar-refractivity contribution >= 4 is 23.9 Å². The van der Waals surface area contributed by atoms with E-state index in [0.29, 0.717) is 39.3 Å². The van der Waals surface area contributed by atoms with Gasteiger partial charge in [0, 0.05) is 0 Å².